The number of ether oxygens (including phenoxy) is 2. The third-order valence-electron chi connectivity index (χ3n) is 5.93. The fourth-order valence-corrected chi connectivity index (χ4v) is 4.22. The van der Waals surface area contributed by atoms with Crippen molar-refractivity contribution in [3.8, 4) is 16.9 Å². The van der Waals surface area contributed by atoms with Crippen molar-refractivity contribution in [3.05, 3.63) is 54.2 Å². The molecule has 0 radical (unpaired) electrons. The van der Waals surface area contributed by atoms with E-state index in [4.69, 9.17) is 9.47 Å². The lowest BCUT2D eigenvalue weighted by Gasteiger charge is -2.25. The summed E-state index contributed by atoms with van der Waals surface area (Å²) in [6, 6.07) is 15.0. The summed E-state index contributed by atoms with van der Waals surface area (Å²) in [6.07, 6.45) is 9.48. The molecule has 3 aromatic rings. The quantitative estimate of drug-likeness (QED) is 0.509. The molecular formula is C25H29NO3. The van der Waals surface area contributed by atoms with Gasteiger partial charge in [-0.05, 0) is 73.6 Å². The second kappa shape index (κ2) is 8.73. The number of rotatable bonds is 6. The summed E-state index contributed by atoms with van der Waals surface area (Å²) < 4.78 is 13.4. The van der Waals surface area contributed by atoms with E-state index in [1.165, 1.54) is 37.3 Å². The van der Waals surface area contributed by atoms with Gasteiger partial charge < -0.3 is 14.0 Å². The van der Waals surface area contributed by atoms with Crippen LogP contribution in [0.5, 0.6) is 5.75 Å². The van der Waals surface area contributed by atoms with E-state index >= 15 is 0 Å². The van der Waals surface area contributed by atoms with Crippen molar-refractivity contribution in [2.75, 3.05) is 7.11 Å². The number of esters is 1. The molecule has 4 nitrogen and oxygen atoms in total. The van der Waals surface area contributed by atoms with Crippen LogP contribution in [-0.4, -0.2) is 23.8 Å². The van der Waals surface area contributed by atoms with Crippen LogP contribution in [0, 0.1) is 0 Å². The van der Waals surface area contributed by atoms with Crippen LogP contribution in [0.25, 0.3) is 22.0 Å². The molecule has 1 aromatic heterocycles. The van der Waals surface area contributed by atoms with Crippen molar-refractivity contribution in [2.45, 2.75) is 51.0 Å². The van der Waals surface area contributed by atoms with E-state index in [0.717, 1.165) is 35.3 Å². The molecule has 152 valence electrons. The zero-order valence-electron chi connectivity index (χ0n) is 17.3. The minimum Gasteiger partial charge on any atom is -0.490 e. The molecule has 0 amide bonds. The molecule has 0 atom stereocenters. The fraction of sp³-hybridized carbons (Fsp3) is 0.400. The van der Waals surface area contributed by atoms with Crippen molar-refractivity contribution in [1.82, 2.24) is 4.57 Å². The number of carbonyl (C=O) groups is 1. The SMILES string of the molecule is COC(=O)CCc1ccc(OC2CCCCC2)c(-c2ccc3c(ccn3C)c2)c1. The van der Waals surface area contributed by atoms with Gasteiger partial charge >= 0.3 is 5.97 Å². The molecule has 1 aliphatic rings. The number of carbonyl (C=O) groups excluding carboxylic acids is 1. The van der Waals surface area contributed by atoms with Gasteiger partial charge in [-0.3, -0.25) is 4.79 Å². The number of hydrogen-bond donors (Lipinski definition) is 0. The van der Waals surface area contributed by atoms with Gasteiger partial charge in [-0.1, -0.05) is 18.6 Å². The molecule has 2 aromatic carbocycles. The summed E-state index contributed by atoms with van der Waals surface area (Å²) in [7, 11) is 3.50. The number of hydrogen-bond acceptors (Lipinski definition) is 3. The third kappa shape index (κ3) is 4.47. The first-order valence-corrected chi connectivity index (χ1v) is 10.6. The molecular weight excluding hydrogens is 362 g/mol. The Labute approximate surface area is 172 Å². The molecule has 0 bridgehead atoms. The van der Waals surface area contributed by atoms with Gasteiger partial charge in [0.1, 0.15) is 5.75 Å². The Morgan fingerprint density at radius 3 is 2.69 bits per heavy atom. The Morgan fingerprint density at radius 2 is 1.90 bits per heavy atom. The Kier molecular flexibility index (Phi) is 5.89. The number of benzene rings is 2. The van der Waals surface area contributed by atoms with E-state index in [1.807, 2.05) is 0 Å². The molecule has 0 aliphatic heterocycles. The highest BCUT2D eigenvalue weighted by Gasteiger charge is 2.18. The van der Waals surface area contributed by atoms with Gasteiger partial charge in [0.2, 0.25) is 0 Å². The first-order chi connectivity index (χ1) is 14.1. The second-order valence-electron chi connectivity index (χ2n) is 7.98. The predicted molar refractivity (Wildman–Crippen MR) is 116 cm³/mol. The molecule has 1 fully saturated rings. The lowest BCUT2D eigenvalue weighted by molar-refractivity contribution is -0.140. The van der Waals surface area contributed by atoms with E-state index in [2.05, 4.69) is 60.3 Å². The van der Waals surface area contributed by atoms with E-state index in [0.29, 0.717) is 18.9 Å². The van der Waals surface area contributed by atoms with Gasteiger partial charge in [-0.2, -0.15) is 0 Å². The lowest BCUT2D eigenvalue weighted by Crippen LogP contribution is -2.20. The van der Waals surface area contributed by atoms with Crippen LogP contribution >= 0.6 is 0 Å². The predicted octanol–water partition coefficient (Wildman–Crippen LogP) is 5.66. The normalized spacial score (nSPS) is 14.8. The van der Waals surface area contributed by atoms with Crippen LogP contribution < -0.4 is 4.74 Å². The van der Waals surface area contributed by atoms with Crippen molar-refractivity contribution < 1.29 is 14.3 Å². The monoisotopic (exact) mass is 391 g/mol. The van der Waals surface area contributed by atoms with Gasteiger partial charge in [-0.25, -0.2) is 0 Å². The van der Waals surface area contributed by atoms with Crippen LogP contribution in [-0.2, 0) is 23.0 Å². The second-order valence-corrected chi connectivity index (χ2v) is 7.98. The molecule has 1 aliphatic carbocycles. The van der Waals surface area contributed by atoms with E-state index < -0.39 is 0 Å². The van der Waals surface area contributed by atoms with Gasteiger partial charge in [0.05, 0.1) is 13.2 Å². The van der Waals surface area contributed by atoms with Crippen molar-refractivity contribution in [2.24, 2.45) is 7.05 Å². The first-order valence-electron chi connectivity index (χ1n) is 10.6. The van der Waals surface area contributed by atoms with Crippen LogP contribution in [0.4, 0.5) is 0 Å². The number of methoxy groups -OCH3 is 1. The smallest absolute Gasteiger partial charge is 0.305 e. The molecule has 1 heterocycles. The van der Waals surface area contributed by atoms with Crippen molar-refractivity contribution in [1.29, 1.82) is 0 Å². The Balaban J connectivity index is 1.68. The Hall–Kier alpha value is -2.75. The number of fused-ring (bicyclic) bond motifs is 1. The minimum absolute atomic E-state index is 0.181. The molecule has 0 spiro atoms. The highest BCUT2D eigenvalue weighted by atomic mass is 16.5. The van der Waals surface area contributed by atoms with Crippen molar-refractivity contribution >= 4 is 16.9 Å². The molecule has 4 rings (SSSR count). The maximum atomic E-state index is 11.6. The lowest BCUT2D eigenvalue weighted by atomic mass is 9.96. The number of aromatic nitrogens is 1. The van der Waals surface area contributed by atoms with E-state index in [-0.39, 0.29) is 5.97 Å². The topological polar surface area (TPSA) is 40.5 Å². The number of aryl methyl sites for hydroxylation is 2. The zero-order valence-corrected chi connectivity index (χ0v) is 17.3. The average molecular weight is 392 g/mol. The van der Waals surface area contributed by atoms with E-state index in [1.54, 1.807) is 0 Å². The summed E-state index contributed by atoms with van der Waals surface area (Å²) >= 11 is 0. The van der Waals surface area contributed by atoms with Crippen LogP contribution in [0.15, 0.2) is 48.7 Å². The summed E-state index contributed by atoms with van der Waals surface area (Å²) in [5.74, 6) is 0.758. The van der Waals surface area contributed by atoms with Gasteiger partial charge in [0, 0.05) is 36.1 Å². The Bertz CT molecular complexity index is 998. The molecule has 0 N–H and O–H groups in total. The van der Waals surface area contributed by atoms with Crippen molar-refractivity contribution in [3.63, 3.8) is 0 Å². The fourth-order valence-electron chi connectivity index (χ4n) is 4.22. The first kappa shape index (κ1) is 19.6. The van der Waals surface area contributed by atoms with Gasteiger partial charge in [0.25, 0.3) is 0 Å². The summed E-state index contributed by atoms with van der Waals surface area (Å²) in [4.78, 5) is 11.6. The minimum atomic E-state index is -0.181. The van der Waals surface area contributed by atoms with Gasteiger partial charge in [0.15, 0.2) is 0 Å². The Morgan fingerprint density at radius 1 is 1.07 bits per heavy atom. The molecule has 0 unspecified atom stereocenters. The maximum Gasteiger partial charge on any atom is 0.305 e. The highest BCUT2D eigenvalue weighted by Crippen LogP contribution is 2.35. The standard InChI is InChI=1S/C25H29NO3/c1-26-15-14-20-17-19(10-11-23(20)26)22-16-18(9-13-25(27)28-2)8-12-24(22)29-21-6-4-3-5-7-21/h8,10-12,14-17,21H,3-7,9,13H2,1-2H3. The molecule has 1 saturated carbocycles. The van der Waals surface area contributed by atoms with Gasteiger partial charge in [-0.15, -0.1) is 0 Å². The molecule has 29 heavy (non-hydrogen) atoms. The number of nitrogens with zero attached hydrogens (tertiary/aromatic N) is 1. The highest BCUT2D eigenvalue weighted by molar-refractivity contribution is 5.87. The summed E-state index contributed by atoms with van der Waals surface area (Å²) in [5.41, 5.74) is 4.58. The van der Waals surface area contributed by atoms with Crippen LogP contribution in [0.1, 0.15) is 44.1 Å². The largest absolute Gasteiger partial charge is 0.490 e. The summed E-state index contributed by atoms with van der Waals surface area (Å²) in [5, 5.41) is 1.22. The maximum absolute atomic E-state index is 11.6. The average Bonchev–Trinajstić information content (AvgIpc) is 3.13. The molecule has 4 heteroatoms. The molecule has 0 saturated heterocycles. The van der Waals surface area contributed by atoms with E-state index in [9.17, 15) is 4.79 Å². The van der Waals surface area contributed by atoms with Crippen LogP contribution in [0.2, 0.25) is 0 Å². The summed E-state index contributed by atoms with van der Waals surface area (Å²) in [6.45, 7) is 0. The van der Waals surface area contributed by atoms with Crippen LogP contribution in [0.3, 0.4) is 0 Å². The third-order valence-corrected chi connectivity index (χ3v) is 5.93. The zero-order chi connectivity index (χ0) is 20.2.